The monoisotopic (exact) mass is 234 g/mol. The average molecular weight is 234 g/mol. The summed E-state index contributed by atoms with van der Waals surface area (Å²) in [6, 6.07) is 7.48. The minimum absolute atomic E-state index is 0.340. The van der Waals surface area contributed by atoms with Gasteiger partial charge < -0.3 is 9.84 Å². The summed E-state index contributed by atoms with van der Waals surface area (Å²) in [6.07, 6.45) is 0.954. The maximum atomic E-state index is 11.3. The summed E-state index contributed by atoms with van der Waals surface area (Å²) in [5.74, 6) is -0.340. The lowest BCUT2D eigenvalue weighted by atomic mass is 10.0. The molecule has 17 heavy (non-hydrogen) atoms. The third-order valence-electron chi connectivity index (χ3n) is 2.45. The molecule has 0 heterocycles. The molecule has 92 valence electrons. The molecule has 1 unspecified atom stereocenters. The number of hydrogen-bond acceptors (Lipinski definition) is 3. The molecule has 0 aliphatic carbocycles. The second kappa shape index (κ2) is 6.21. The predicted octanol–water partition coefficient (Wildman–Crippen LogP) is 2.71. The van der Waals surface area contributed by atoms with Crippen LogP contribution < -0.4 is 0 Å². The van der Waals surface area contributed by atoms with Gasteiger partial charge in [-0.15, -0.1) is 0 Å². The van der Waals surface area contributed by atoms with E-state index in [4.69, 9.17) is 4.74 Å². The van der Waals surface area contributed by atoms with Crippen molar-refractivity contribution >= 4 is 11.5 Å². The molecule has 1 atom stereocenters. The number of carbonyl (C=O) groups excluding carboxylic acids is 1. The maximum Gasteiger partial charge on any atom is 0.331 e. The van der Waals surface area contributed by atoms with E-state index in [0.717, 1.165) is 16.7 Å². The number of benzene rings is 1. The largest absolute Gasteiger partial charge is 0.463 e. The van der Waals surface area contributed by atoms with E-state index >= 15 is 0 Å². The lowest BCUT2D eigenvalue weighted by Crippen LogP contribution is -2.00. The summed E-state index contributed by atoms with van der Waals surface area (Å²) in [4.78, 5) is 11.3. The zero-order valence-electron chi connectivity index (χ0n) is 10.4. The van der Waals surface area contributed by atoms with Crippen LogP contribution in [0.4, 0.5) is 0 Å². The SMILES string of the molecule is CCOC(=O)/C=C(\C)c1cccc(C(C)O)c1. The van der Waals surface area contributed by atoms with Gasteiger partial charge in [-0.25, -0.2) is 4.79 Å². The highest BCUT2D eigenvalue weighted by Crippen LogP contribution is 2.19. The van der Waals surface area contributed by atoms with Gasteiger partial charge in [0.25, 0.3) is 0 Å². The minimum atomic E-state index is -0.509. The van der Waals surface area contributed by atoms with Crippen molar-refractivity contribution in [3.63, 3.8) is 0 Å². The van der Waals surface area contributed by atoms with E-state index in [-0.39, 0.29) is 5.97 Å². The first-order valence-electron chi connectivity index (χ1n) is 5.68. The van der Waals surface area contributed by atoms with Crippen LogP contribution in [0.2, 0.25) is 0 Å². The van der Waals surface area contributed by atoms with Gasteiger partial charge in [0, 0.05) is 6.08 Å². The van der Waals surface area contributed by atoms with Gasteiger partial charge in [-0.1, -0.05) is 18.2 Å². The Kier molecular flexibility index (Phi) is 4.91. The Labute approximate surface area is 102 Å². The van der Waals surface area contributed by atoms with Crippen LogP contribution in [-0.2, 0) is 9.53 Å². The second-order valence-corrected chi connectivity index (χ2v) is 3.88. The molecule has 0 aliphatic heterocycles. The molecule has 0 spiro atoms. The van der Waals surface area contributed by atoms with E-state index in [1.807, 2.05) is 31.2 Å². The maximum absolute atomic E-state index is 11.3. The fourth-order valence-electron chi connectivity index (χ4n) is 1.49. The highest BCUT2D eigenvalue weighted by atomic mass is 16.5. The number of allylic oxidation sites excluding steroid dienone is 1. The Morgan fingerprint density at radius 2 is 2.24 bits per heavy atom. The Hall–Kier alpha value is -1.61. The summed E-state index contributed by atoms with van der Waals surface area (Å²) >= 11 is 0. The van der Waals surface area contributed by atoms with Crippen molar-refractivity contribution < 1.29 is 14.6 Å². The average Bonchev–Trinajstić information content (AvgIpc) is 2.29. The van der Waals surface area contributed by atoms with Crippen LogP contribution in [0.3, 0.4) is 0 Å². The first-order chi connectivity index (χ1) is 8.04. The molecule has 0 fully saturated rings. The molecule has 0 bridgehead atoms. The molecule has 1 aromatic rings. The van der Waals surface area contributed by atoms with Crippen LogP contribution >= 0.6 is 0 Å². The number of aliphatic hydroxyl groups is 1. The summed E-state index contributed by atoms with van der Waals surface area (Å²) in [5, 5.41) is 9.48. The van der Waals surface area contributed by atoms with E-state index in [9.17, 15) is 9.90 Å². The van der Waals surface area contributed by atoms with Crippen LogP contribution in [0.25, 0.3) is 5.57 Å². The van der Waals surface area contributed by atoms with Gasteiger partial charge >= 0.3 is 5.97 Å². The standard InChI is InChI=1S/C14H18O3/c1-4-17-14(16)8-10(2)12-6-5-7-13(9-12)11(3)15/h5-9,11,15H,4H2,1-3H3/b10-8+. The van der Waals surface area contributed by atoms with E-state index in [1.165, 1.54) is 6.08 Å². The molecule has 0 saturated carbocycles. The highest BCUT2D eigenvalue weighted by Gasteiger charge is 2.04. The van der Waals surface area contributed by atoms with Crippen molar-refractivity contribution in [2.75, 3.05) is 6.61 Å². The molecule has 0 saturated heterocycles. The topological polar surface area (TPSA) is 46.5 Å². The molecular weight excluding hydrogens is 216 g/mol. The molecule has 3 nitrogen and oxygen atoms in total. The normalized spacial score (nSPS) is 13.3. The fourth-order valence-corrected chi connectivity index (χ4v) is 1.49. The number of hydrogen-bond donors (Lipinski definition) is 1. The first kappa shape index (κ1) is 13.5. The van der Waals surface area contributed by atoms with Gasteiger partial charge in [0.2, 0.25) is 0 Å². The van der Waals surface area contributed by atoms with Gasteiger partial charge in [-0.2, -0.15) is 0 Å². The summed E-state index contributed by atoms with van der Waals surface area (Å²) in [5.41, 5.74) is 2.57. The third-order valence-corrected chi connectivity index (χ3v) is 2.45. The minimum Gasteiger partial charge on any atom is -0.463 e. The van der Waals surface area contributed by atoms with Gasteiger partial charge in [0.1, 0.15) is 0 Å². The molecule has 1 rings (SSSR count). The Bertz CT molecular complexity index is 419. The number of aliphatic hydroxyl groups excluding tert-OH is 1. The van der Waals surface area contributed by atoms with Gasteiger partial charge in [0.05, 0.1) is 12.7 Å². The van der Waals surface area contributed by atoms with Crippen molar-refractivity contribution in [1.82, 2.24) is 0 Å². The van der Waals surface area contributed by atoms with Gasteiger partial charge in [-0.3, -0.25) is 0 Å². The summed E-state index contributed by atoms with van der Waals surface area (Å²) in [6.45, 7) is 5.70. The van der Waals surface area contributed by atoms with Crippen LogP contribution in [0.1, 0.15) is 38.0 Å². The number of esters is 1. The van der Waals surface area contributed by atoms with E-state index in [0.29, 0.717) is 6.61 Å². The van der Waals surface area contributed by atoms with Gasteiger partial charge in [-0.05, 0) is 43.5 Å². The quantitative estimate of drug-likeness (QED) is 0.643. The molecular formula is C14H18O3. The van der Waals surface area contributed by atoms with Crippen molar-refractivity contribution in [2.45, 2.75) is 26.9 Å². The Morgan fingerprint density at radius 3 is 2.82 bits per heavy atom. The second-order valence-electron chi connectivity index (χ2n) is 3.88. The Balaban J connectivity index is 2.92. The molecule has 0 aromatic heterocycles. The van der Waals surface area contributed by atoms with Crippen molar-refractivity contribution in [3.05, 3.63) is 41.5 Å². The molecule has 0 radical (unpaired) electrons. The first-order valence-corrected chi connectivity index (χ1v) is 5.68. The lowest BCUT2D eigenvalue weighted by Gasteiger charge is -2.07. The van der Waals surface area contributed by atoms with Crippen LogP contribution in [0.5, 0.6) is 0 Å². The number of carbonyl (C=O) groups is 1. The van der Waals surface area contributed by atoms with Crippen LogP contribution in [0.15, 0.2) is 30.3 Å². The summed E-state index contributed by atoms with van der Waals surface area (Å²) < 4.78 is 4.85. The van der Waals surface area contributed by atoms with Crippen LogP contribution in [-0.4, -0.2) is 17.7 Å². The van der Waals surface area contributed by atoms with Gasteiger partial charge in [0.15, 0.2) is 0 Å². The zero-order chi connectivity index (χ0) is 12.8. The predicted molar refractivity (Wildman–Crippen MR) is 67.4 cm³/mol. The van der Waals surface area contributed by atoms with Crippen molar-refractivity contribution in [2.24, 2.45) is 0 Å². The molecule has 3 heteroatoms. The van der Waals surface area contributed by atoms with E-state index in [2.05, 4.69) is 0 Å². The third kappa shape index (κ3) is 4.04. The van der Waals surface area contributed by atoms with Crippen LogP contribution in [0, 0.1) is 0 Å². The lowest BCUT2D eigenvalue weighted by molar-refractivity contribution is -0.137. The molecule has 1 N–H and O–H groups in total. The fraction of sp³-hybridized carbons (Fsp3) is 0.357. The molecule has 1 aromatic carbocycles. The molecule has 0 aliphatic rings. The Morgan fingerprint density at radius 1 is 1.53 bits per heavy atom. The number of rotatable bonds is 4. The zero-order valence-corrected chi connectivity index (χ0v) is 10.4. The molecule has 0 amide bonds. The van der Waals surface area contributed by atoms with Crippen molar-refractivity contribution in [3.8, 4) is 0 Å². The van der Waals surface area contributed by atoms with E-state index < -0.39 is 6.10 Å². The highest BCUT2D eigenvalue weighted by molar-refractivity contribution is 5.90. The smallest absolute Gasteiger partial charge is 0.331 e. The summed E-state index contributed by atoms with van der Waals surface area (Å²) in [7, 11) is 0. The van der Waals surface area contributed by atoms with E-state index in [1.54, 1.807) is 13.8 Å². The van der Waals surface area contributed by atoms with Crippen molar-refractivity contribution in [1.29, 1.82) is 0 Å². The number of ether oxygens (including phenoxy) is 1.